The fourth-order valence-electron chi connectivity index (χ4n) is 1.04. The van der Waals surface area contributed by atoms with Crippen molar-refractivity contribution in [2.75, 3.05) is 12.3 Å². The van der Waals surface area contributed by atoms with Crippen LogP contribution in [0.25, 0.3) is 0 Å². The summed E-state index contributed by atoms with van der Waals surface area (Å²) in [6.07, 6.45) is -4.01. The average Bonchev–Trinajstić information content (AvgIpc) is 2.30. The number of halogens is 5. The van der Waals surface area contributed by atoms with Gasteiger partial charge < -0.3 is 5.73 Å². The molecule has 1 aromatic rings. The zero-order valence-corrected chi connectivity index (χ0v) is 10.0. The summed E-state index contributed by atoms with van der Waals surface area (Å²) in [7, 11) is -4.48. The highest BCUT2D eigenvalue weighted by Gasteiger charge is 2.41. The molecule has 0 radical (unpaired) electrons. The van der Waals surface area contributed by atoms with Gasteiger partial charge in [-0.25, -0.2) is 26.3 Å². The summed E-state index contributed by atoms with van der Waals surface area (Å²) in [5.74, 6) is -5.39. The fraction of sp³-hybridized carbons (Fsp3) is 0.333. The summed E-state index contributed by atoms with van der Waals surface area (Å²) in [5, 5.41) is 0. The molecular formula is C9H9F5N2O2S. The smallest absolute Gasteiger partial charge is 0.320 e. The van der Waals surface area contributed by atoms with Crippen LogP contribution in [-0.4, -0.2) is 27.3 Å². The van der Waals surface area contributed by atoms with Crippen molar-refractivity contribution in [3.63, 3.8) is 0 Å². The molecule has 0 unspecified atom stereocenters. The normalized spacial score (nSPS) is 12.9. The van der Waals surface area contributed by atoms with Gasteiger partial charge in [-0.2, -0.15) is 8.78 Å². The molecule has 19 heavy (non-hydrogen) atoms. The van der Waals surface area contributed by atoms with Gasteiger partial charge in [-0.15, -0.1) is 0 Å². The summed E-state index contributed by atoms with van der Waals surface area (Å²) in [5.41, 5.74) is 4.60. The van der Waals surface area contributed by atoms with Gasteiger partial charge in [0.05, 0.1) is 17.1 Å². The second kappa shape index (κ2) is 5.29. The Morgan fingerprint density at radius 3 is 2.37 bits per heavy atom. The number of sulfonamides is 1. The molecule has 0 atom stereocenters. The lowest BCUT2D eigenvalue weighted by Crippen LogP contribution is -2.41. The van der Waals surface area contributed by atoms with Crippen LogP contribution in [-0.2, 0) is 10.0 Å². The quantitative estimate of drug-likeness (QED) is 0.641. The molecule has 3 N–H and O–H groups in total. The van der Waals surface area contributed by atoms with E-state index in [0.29, 0.717) is 6.07 Å². The van der Waals surface area contributed by atoms with Gasteiger partial charge >= 0.3 is 12.3 Å². The van der Waals surface area contributed by atoms with Crippen molar-refractivity contribution in [2.45, 2.75) is 17.2 Å². The number of benzene rings is 1. The SMILES string of the molecule is Nc1cc(S(=O)(=O)NCC(F)(F)C(F)F)ccc1F. The third-order valence-corrected chi connectivity index (χ3v) is 3.49. The van der Waals surface area contributed by atoms with Crippen molar-refractivity contribution in [3.05, 3.63) is 24.0 Å². The van der Waals surface area contributed by atoms with Crippen molar-refractivity contribution in [3.8, 4) is 0 Å². The maximum Gasteiger partial charge on any atom is 0.320 e. The maximum absolute atomic E-state index is 12.8. The third-order valence-electron chi connectivity index (χ3n) is 2.09. The molecular weight excluding hydrogens is 295 g/mol. The minimum Gasteiger partial charge on any atom is -0.396 e. The molecule has 4 nitrogen and oxygen atoms in total. The molecule has 0 spiro atoms. The summed E-state index contributed by atoms with van der Waals surface area (Å²) in [6.45, 7) is -1.77. The predicted octanol–water partition coefficient (Wildman–Crippen LogP) is 1.59. The monoisotopic (exact) mass is 304 g/mol. The van der Waals surface area contributed by atoms with Crippen molar-refractivity contribution in [2.24, 2.45) is 0 Å². The van der Waals surface area contributed by atoms with Crippen LogP contribution in [0.1, 0.15) is 0 Å². The van der Waals surface area contributed by atoms with Crippen LogP contribution in [0, 0.1) is 5.82 Å². The van der Waals surface area contributed by atoms with Crippen LogP contribution < -0.4 is 10.5 Å². The summed E-state index contributed by atoms with van der Waals surface area (Å²) in [6, 6.07) is 2.18. The summed E-state index contributed by atoms with van der Waals surface area (Å²) in [4.78, 5) is -0.600. The molecule has 0 fully saturated rings. The van der Waals surface area contributed by atoms with Crippen LogP contribution in [0.4, 0.5) is 27.6 Å². The first-order chi connectivity index (χ1) is 8.56. The van der Waals surface area contributed by atoms with E-state index in [1.165, 1.54) is 4.72 Å². The Morgan fingerprint density at radius 1 is 1.32 bits per heavy atom. The van der Waals surface area contributed by atoms with E-state index in [2.05, 4.69) is 0 Å². The molecule has 108 valence electrons. The topological polar surface area (TPSA) is 72.2 Å². The second-order valence-corrected chi connectivity index (χ2v) is 5.34. The highest BCUT2D eigenvalue weighted by atomic mass is 32.2. The molecule has 0 amide bonds. The number of nitrogens with two attached hydrogens (primary N) is 1. The van der Waals surface area contributed by atoms with Gasteiger partial charge in [-0.3, -0.25) is 0 Å². The van der Waals surface area contributed by atoms with E-state index in [9.17, 15) is 30.4 Å². The second-order valence-electron chi connectivity index (χ2n) is 3.57. The Kier molecular flexibility index (Phi) is 4.35. The van der Waals surface area contributed by atoms with E-state index in [-0.39, 0.29) is 0 Å². The number of hydrogen-bond acceptors (Lipinski definition) is 3. The molecule has 10 heteroatoms. The van der Waals surface area contributed by atoms with Crippen LogP contribution in [0.3, 0.4) is 0 Å². The molecule has 0 bridgehead atoms. The van der Waals surface area contributed by atoms with Gasteiger partial charge in [0.15, 0.2) is 0 Å². The third kappa shape index (κ3) is 3.77. The highest BCUT2D eigenvalue weighted by molar-refractivity contribution is 7.89. The highest BCUT2D eigenvalue weighted by Crippen LogP contribution is 2.23. The number of nitrogens with one attached hydrogen (secondary N) is 1. The Hall–Kier alpha value is -1.42. The lowest BCUT2D eigenvalue weighted by Gasteiger charge is -2.16. The maximum atomic E-state index is 12.8. The number of alkyl halides is 4. The number of hydrogen-bond donors (Lipinski definition) is 2. The summed E-state index contributed by atoms with van der Waals surface area (Å²) >= 11 is 0. The van der Waals surface area contributed by atoms with E-state index in [1.54, 1.807) is 0 Å². The lowest BCUT2D eigenvalue weighted by molar-refractivity contribution is -0.122. The Balaban J connectivity index is 2.90. The van der Waals surface area contributed by atoms with Gasteiger partial charge in [0, 0.05) is 0 Å². The Labute approximate surface area is 105 Å². The predicted molar refractivity (Wildman–Crippen MR) is 57.0 cm³/mol. The number of anilines is 1. The Morgan fingerprint density at radius 2 is 1.89 bits per heavy atom. The fourth-order valence-corrected chi connectivity index (χ4v) is 2.12. The average molecular weight is 304 g/mol. The minimum atomic E-state index is -4.50. The van der Waals surface area contributed by atoms with Crippen molar-refractivity contribution in [1.82, 2.24) is 4.72 Å². The first-order valence-electron chi connectivity index (χ1n) is 4.77. The molecule has 0 aliphatic heterocycles. The first-order valence-corrected chi connectivity index (χ1v) is 6.25. The molecule has 0 heterocycles. The molecule has 0 saturated carbocycles. The van der Waals surface area contributed by atoms with Crippen LogP contribution in [0.2, 0.25) is 0 Å². The largest absolute Gasteiger partial charge is 0.396 e. The van der Waals surface area contributed by atoms with Gasteiger partial charge in [0.1, 0.15) is 5.82 Å². The van der Waals surface area contributed by atoms with Crippen molar-refractivity contribution < 1.29 is 30.4 Å². The van der Waals surface area contributed by atoms with Gasteiger partial charge in [-0.1, -0.05) is 0 Å². The zero-order chi connectivity index (χ0) is 14.8. The molecule has 0 aliphatic carbocycles. The first kappa shape index (κ1) is 15.6. The van der Waals surface area contributed by atoms with E-state index in [0.717, 1.165) is 12.1 Å². The molecule has 1 aromatic carbocycles. The van der Waals surface area contributed by atoms with Crippen LogP contribution in [0.15, 0.2) is 23.1 Å². The Bertz CT molecular complexity index is 562. The molecule has 0 aromatic heterocycles. The van der Waals surface area contributed by atoms with Crippen molar-refractivity contribution >= 4 is 15.7 Å². The van der Waals surface area contributed by atoms with Crippen LogP contribution in [0.5, 0.6) is 0 Å². The van der Waals surface area contributed by atoms with E-state index < -0.39 is 45.3 Å². The van der Waals surface area contributed by atoms with Gasteiger partial charge in [-0.05, 0) is 18.2 Å². The van der Waals surface area contributed by atoms with Crippen molar-refractivity contribution in [1.29, 1.82) is 0 Å². The molecule has 1 rings (SSSR count). The number of rotatable bonds is 5. The lowest BCUT2D eigenvalue weighted by atomic mass is 10.3. The van der Waals surface area contributed by atoms with Gasteiger partial charge in [0.25, 0.3) is 0 Å². The number of nitrogen functional groups attached to an aromatic ring is 1. The van der Waals surface area contributed by atoms with E-state index in [1.807, 2.05) is 0 Å². The molecule has 0 saturated heterocycles. The van der Waals surface area contributed by atoms with Crippen LogP contribution >= 0.6 is 0 Å². The minimum absolute atomic E-state index is 0.511. The zero-order valence-electron chi connectivity index (χ0n) is 9.21. The van der Waals surface area contributed by atoms with Gasteiger partial charge in [0.2, 0.25) is 10.0 Å². The van der Waals surface area contributed by atoms with E-state index >= 15 is 0 Å². The summed E-state index contributed by atoms with van der Waals surface area (Å²) < 4.78 is 86.0. The standard InChI is InChI=1S/C9H9F5N2O2S/c10-6-2-1-5(3-7(6)15)19(17,18)16-4-9(13,14)8(11)12/h1-3,8,16H,4,15H2. The molecule has 0 aliphatic rings. The van der Waals surface area contributed by atoms with E-state index in [4.69, 9.17) is 5.73 Å².